The van der Waals surface area contributed by atoms with E-state index in [1.807, 2.05) is 0 Å². The van der Waals surface area contributed by atoms with E-state index in [2.05, 4.69) is 34.7 Å². The zero-order valence-electron chi connectivity index (χ0n) is 13.7. The number of hydrogen-bond acceptors (Lipinski definition) is 3. The summed E-state index contributed by atoms with van der Waals surface area (Å²) < 4.78 is 0. The Morgan fingerprint density at radius 3 is 3.04 bits per heavy atom. The highest BCUT2D eigenvalue weighted by Crippen LogP contribution is 2.19. The fraction of sp³-hybridized carbons (Fsp3) is 0.625. The van der Waals surface area contributed by atoms with Crippen molar-refractivity contribution in [2.45, 2.75) is 32.6 Å². The van der Waals surface area contributed by atoms with Gasteiger partial charge < -0.3 is 16.0 Å². The van der Waals surface area contributed by atoms with Crippen molar-refractivity contribution in [1.82, 2.24) is 10.2 Å². The number of nitrogens with two attached hydrogens (primary N) is 1. The number of likely N-dealkylation sites (tertiary alicyclic amines) is 1. The van der Waals surface area contributed by atoms with Crippen molar-refractivity contribution in [3.8, 4) is 0 Å². The molecule has 1 unspecified atom stereocenters. The van der Waals surface area contributed by atoms with Crippen LogP contribution < -0.4 is 11.1 Å². The van der Waals surface area contributed by atoms with Crippen LogP contribution in [0.4, 0.5) is 0 Å². The third-order valence-electron chi connectivity index (χ3n) is 3.84. The molecule has 130 valence electrons. The number of aliphatic imine (C=N–C) groups is 1. The molecule has 1 fully saturated rings. The minimum absolute atomic E-state index is 0. The molecular weight excluding hydrogens is 423 g/mol. The Kier molecular flexibility index (Phi) is 9.54. The van der Waals surface area contributed by atoms with Crippen LogP contribution in [0, 0.1) is 5.92 Å². The number of halogens is 1. The second kappa shape index (κ2) is 10.9. The number of nitrogens with one attached hydrogen (secondary N) is 1. The molecule has 3 N–H and O–H groups in total. The fourth-order valence-electron chi connectivity index (χ4n) is 2.86. The highest BCUT2D eigenvalue weighted by molar-refractivity contribution is 14.0. The molecule has 0 saturated carbocycles. The monoisotopic (exact) mass is 450 g/mol. The Morgan fingerprint density at radius 1 is 1.57 bits per heavy atom. The highest BCUT2D eigenvalue weighted by atomic mass is 127. The zero-order chi connectivity index (χ0) is 15.8. The lowest BCUT2D eigenvalue weighted by Gasteiger charge is -2.34. The van der Waals surface area contributed by atoms with Crippen molar-refractivity contribution < 1.29 is 4.79 Å². The van der Waals surface area contributed by atoms with Gasteiger partial charge >= 0.3 is 0 Å². The molecule has 0 radical (unpaired) electrons. The lowest BCUT2D eigenvalue weighted by atomic mass is 9.95. The maximum absolute atomic E-state index is 11.1. The standard InChI is InChI=1S/C16H26N4OS.HI/c1-2-18-16(19-8-7-14-6-4-10-22-14)20-9-3-5-13(12-20)11-15(17)21;/h4,6,10,13H,2-3,5,7-9,11-12H2,1H3,(H2,17,21)(H,18,19);1H. The van der Waals surface area contributed by atoms with E-state index in [0.29, 0.717) is 12.3 Å². The van der Waals surface area contributed by atoms with Gasteiger partial charge in [0.1, 0.15) is 0 Å². The van der Waals surface area contributed by atoms with E-state index < -0.39 is 0 Å². The van der Waals surface area contributed by atoms with Crippen LogP contribution in [0.15, 0.2) is 22.5 Å². The smallest absolute Gasteiger partial charge is 0.217 e. The van der Waals surface area contributed by atoms with Crippen LogP contribution in [0.1, 0.15) is 31.1 Å². The van der Waals surface area contributed by atoms with Crippen molar-refractivity contribution in [2.75, 3.05) is 26.2 Å². The van der Waals surface area contributed by atoms with Gasteiger partial charge in [0.15, 0.2) is 5.96 Å². The van der Waals surface area contributed by atoms with Crippen LogP contribution in [-0.4, -0.2) is 42.9 Å². The molecule has 1 aliphatic heterocycles. The number of thiophene rings is 1. The summed E-state index contributed by atoms with van der Waals surface area (Å²) in [5, 5.41) is 5.47. The predicted molar refractivity (Wildman–Crippen MR) is 108 cm³/mol. The van der Waals surface area contributed by atoms with Crippen molar-refractivity contribution in [3.05, 3.63) is 22.4 Å². The first-order chi connectivity index (χ1) is 10.7. The van der Waals surface area contributed by atoms with Gasteiger partial charge in [0, 0.05) is 43.9 Å². The summed E-state index contributed by atoms with van der Waals surface area (Å²) in [6, 6.07) is 4.23. The number of piperidine rings is 1. The summed E-state index contributed by atoms with van der Waals surface area (Å²) in [5.74, 6) is 1.12. The molecule has 1 amide bonds. The number of primary amides is 1. The van der Waals surface area contributed by atoms with Crippen LogP contribution in [0.5, 0.6) is 0 Å². The van der Waals surface area contributed by atoms with Crippen LogP contribution >= 0.6 is 35.3 Å². The molecule has 0 spiro atoms. The molecule has 23 heavy (non-hydrogen) atoms. The van der Waals surface area contributed by atoms with E-state index in [1.54, 1.807) is 11.3 Å². The minimum atomic E-state index is -0.202. The van der Waals surface area contributed by atoms with E-state index in [1.165, 1.54) is 4.88 Å². The molecule has 0 bridgehead atoms. The van der Waals surface area contributed by atoms with Gasteiger partial charge in [-0.1, -0.05) is 6.07 Å². The molecule has 1 aromatic heterocycles. The van der Waals surface area contributed by atoms with Gasteiger partial charge in [0.2, 0.25) is 5.91 Å². The molecule has 1 saturated heterocycles. The Hall–Kier alpha value is -0.830. The molecule has 0 aromatic carbocycles. The number of hydrogen-bond donors (Lipinski definition) is 2. The number of carbonyl (C=O) groups excluding carboxylic acids is 1. The summed E-state index contributed by atoms with van der Waals surface area (Å²) >= 11 is 1.78. The summed E-state index contributed by atoms with van der Waals surface area (Å²) in [7, 11) is 0. The number of amides is 1. The lowest BCUT2D eigenvalue weighted by molar-refractivity contribution is -0.119. The average molecular weight is 450 g/mol. The maximum atomic E-state index is 11.1. The Balaban J connectivity index is 0.00000264. The average Bonchev–Trinajstić information content (AvgIpc) is 2.99. The van der Waals surface area contributed by atoms with Gasteiger partial charge in [-0.15, -0.1) is 35.3 Å². The highest BCUT2D eigenvalue weighted by Gasteiger charge is 2.23. The third-order valence-corrected chi connectivity index (χ3v) is 4.78. The molecule has 0 aliphatic carbocycles. The summed E-state index contributed by atoms with van der Waals surface area (Å²) in [4.78, 5) is 19.5. The van der Waals surface area contributed by atoms with Crippen molar-refractivity contribution in [3.63, 3.8) is 0 Å². The summed E-state index contributed by atoms with van der Waals surface area (Å²) in [5.41, 5.74) is 5.34. The third kappa shape index (κ3) is 7.07. The number of carbonyl (C=O) groups is 1. The predicted octanol–water partition coefficient (Wildman–Crippen LogP) is 2.46. The van der Waals surface area contributed by atoms with E-state index >= 15 is 0 Å². The second-order valence-corrected chi connectivity index (χ2v) is 6.72. The summed E-state index contributed by atoms with van der Waals surface area (Å²) in [6.07, 6.45) is 3.62. The van der Waals surface area contributed by atoms with Crippen LogP contribution in [-0.2, 0) is 11.2 Å². The van der Waals surface area contributed by atoms with Gasteiger partial charge in [0.05, 0.1) is 0 Å². The lowest BCUT2D eigenvalue weighted by Crippen LogP contribution is -2.47. The first-order valence-electron chi connectivity index (χ1n) is 8.03. The summed E-state index contributed by atoms with van der Waals surface area (Å²) in [6.45, 7) is 5.60. The van der Waals surface area contributed by atoms with Gasteiger partial charge in [-0.3, -0.25) is 9.79 Å². The van der Waals surface area contributed by atoms with Crippen LogP contribution in [0.2, 0.25) is 0 Å². The molecule has 7 heteroatoms. The maximum Gasteiger partial charge on any atom is 0.217 e. The Morgan fingerprint density at radius 2 is 2.39 bits per heavy atom. The van der Waals surface area contributed by atoms with E-state index in [-0.39, 0.29) is 29.9 Å². The minimum Gasteiger partial charge on any atom is -0.370 e. The quantitative estimate of drug-likeness (QED) is 0.398. The normalized spacial score (nSPS) is 18.4. The molecular formula is C16H27IN4OS. The molecule has 2 rings (SSSR count). The molecule has 1 aromatic rings. The largest absolute Gasteiger partial charge is 0.370 e. The fourth-order valence-corrected chi connectivity index (χ4v) is 3.56. The Bertz CT molecular complexity index is 492. The van der Waals surface area contributed by atoms with Gasteiger partial charge in [-0.2, -0.15) is 0 Å². The SMILES string of the molecule is CCNC(=NCCc1cccs1)N1CCCC(CC(N)=O)C1.I. The van der Waals surface area contributed by atoms with Gasteiger partial charge in [-0.25, -0.2) is 0 Å². The molecule has 5 nitrogen and oxygen atoms in total. The van der Waals surface area contributed by atoms with Crippen LogP contribution in [0.25, 0.3) is 0 Å². The molecule has 1 atom stereocenters. The first-order valence-corrected chi connectivity index (χ1v) is 8.91. The van der Waals surface area contributed by atoms with E-state index in [4.69, 9.17) is 10.7 Å². The van der Waals surface area contributed by atoms with Crippen molar-refractivity contribution >= 4 is 47.2 Å². The van der Waals surface area contributed by atoms with E-state index in [0.717, 1.165) is 51.4 Å². The van der Waals surface area contributed by atoms with E-state index in [9.17, 15) is 4.79 Å². The van der Waals surface area contributed by atoms with Crippen molar-refractivity contribution in [1.29, 1.82) is 0 Å². The number of nitrogens with zero attached hydrogens (tertiary/aromatic N) is 2. The topological polar surface area (TPSA) is 70.7 Å². The van der Waals surface area contributed by atoms with Crippen LogP contribution in [0.3, 0.4) is 0 Å². The number of guanidine groups is 1. The van der Waals surface area contributed by atoms with Gasteiger partial charge in [-0.05, 0) is 37.1 Å². The molecule has 1 aliphatic rings. The Labute approximate surface area is 159 Å². The number of rotatable bonds is 6. The first kappa shape index (κ1) is 20.2. The van der Waals surface area contributed by atoms with Gasteiger partial charge in [0.25, 0.3) is 0 Å². The zero-order valence-corrected chi connectivity index (χ0v) is 16.8. The van der Waals surface area contributed by atoms with Crippen molar-refractivity contribution in [2.24, 2.45) is 16.6 Å². The molecule has 2 heterocycles. The second-order valence-electron chi connectivity index (χ2n) is 5.69.